The molecular weight excluding hydrogens is 359 g/mol. The number of allylic oxidation sites excluding steroid dienone is 2. The molecule has 3 N–H and O–H groups in total. The van der Waals surface area contributed by atoms with E-state index < -0.39 is 11.6 Å². The van der Waals surface area contributed by atoms with Gasteiger partial charge in [-0.05, 0) is 44.5 Å². The lowest BCUT2D eigenvalue weighted by Crippen LogP contribution is -2.17. The minimum Gasteiger partial charge on any atom is -0.392 e. The van der Waals surface area contributed by atoms with Crippen LogP contribution < -0.4 is 11.1 Å². The number of carbonyl (C=O) groups is 1. The molecule has 0 amide bonds. The monoisotopic (exact) mass is 382 g/mol. The first-order chi connectivity index (χ1) is 13.4. The van der Waals surface area contributed by atoms with Crippen LogP contribution in [0, 0.1) is 5.82 Å². The lowest BCUT2D eigenvalue weighted by molar-refractivity contribution is 0.0904. The van der Waals surface area contributed by atoms with E-state index in [1.165, 1.54) is 18.2 Å². The minimum atomic E-state index is -0.560. The fourth-order valence-electron chi connectivity index (χ4n) is 3.22. The van der Waals surface area contributed by atoms with E-state index in [1.807, 2.05) is 19.9 Å². The average molecular weight is 382 g/mol. The number of rotatable bonds is 6. The molecule has 0 aliphatic carbocycles. The number of nitrogen functional groups attached to an aromatic ring is 1. The predicted molar refractivity (Wildman–Crippen MR) is 106 cm³/mol. The predicted octanol–water partition coefficient (Wildman–Crippen LogP) is 3.56. The van der Waals surface area contributed by atoms with E-state index in [1.54, 1.807) is 25.3 Å². The molecule has 6 nitrogen and oxygen atoms in total. The Labute approximate surface area is 163 Å². The van der Waals surface area contributed by atoms with Gasteiger partial charge in [0.1, 0.15) is 17.7 Å². The first-order valence-electron chi connectivity index (χ1n) is 9.02. The van der Waals surface area contributed by atoms with E-state index >= 15 is 0 Å². The van der Waals surface area contributed by atoms with Gasteiger partial charge in [-0.15, -0.1) is 0 Å². The van der Waals surface area contributed by atoms with Crippen LogP contribution in [-0.4, -0.2) is 22.6 Å². The highest BCUT2D eigenvalue weighted by Gasteiger charge is 2.30. The molecule has 28 heavy (non-hydrogen) atoms. The molecule has 0 saturated heterocycles. The number of oxime groups is 1. The second-order valence-electron chi connectivity index (χ2n) is 6.85. The number of nitrogens with two attached hydrogens (primary N) is 1. The fourth-order valence-corrected chi connectivity index (χ4v) is 3.22. The van der Waals surface area contributed by atoms with Crippen molar-refractivity contribution in [3.8, 4) is 0 Å². The molecule has 0 radical (unpaired) electrons. The summed E-state index contributed by atoms with van der Waals surface area (Å²) >= 11 is 0. The van der Waals surface area contributed by atoms with Crippen molar-refractivity contribution in [2.45, 2.75) is 39.3 Å². The molecule has 0 spiro atoms. The van der Waals surface area contributed by atoms with Crippen LogP contribution in [-0.2, 0) is 11.4 Å². The van der Waals surface area contributed by atoms with E-state index in [0.29, 0.717) is 18.1 Å². The van der Waals surface area contributed by atoms with Gasteiger partial charge >= 0.3 is 0 Å². The van der Waals surface area contributed by atoms with Crippen molar-refractivity contribution in [1.29, 1.82) is 0 Å². The molecule has 2 atom stereocenters. The summed E-state index contributed by atoms with van der Waals surface area (Å²) in [5, 5.41) is 7.04. The Morgan fingerprint density at radius 3 is 2.82 bits per heavy atom. The fraction of sp³-hybridized carbons (Fsp3) is 0.286. The summed E-state index contributed by atoms with van der Waals surface area (Å²) in [6.45, 7) is 5.90. The van der Waals surface area contributed by atoms with Gasteiger partial charge in [-0.2, -0.15) is 0 Å². The third kappa shape index (κ3) is 4.19. The molecule has 7 heteroatoms. The van der Waals surface area contributed by atoms with E-state index in [4.69, 9.17) is 10.6 Å². The van der Waals surface area contributed by atoms with Crippen molar-refractivity contribution >= 4 is 17.3 Å². The second kappa shape index (κ2) is 8.21. The molecule has 2 aromatic rings. The molecule has 146 valence electrons. The van der Waals surface area contributed by atoms with Crippen LogP contribution in [0.3, 0.4) is 0 Å². The van der Waals surface area contributed by atoms with Crippen LogP contribution in [0.1, 0.15) is 48.2 Å². The first kappa shape index (κ1) is 19.5. The van der Waals surface area contributed by atoms with E-state index in [0.717, 1.165) is 16.8 Å². The standard InChI is InChI=1S/C21H23FN4O2/c1-12(25-11-16-5-4-8-24-21(16)23)9-19(27)17-7-6-15(10-18(17)22)20-13(2)26-28-14(20)3/h4-10,14,20,25H,11H2,1-3H3,(H2,23,24)/b12-9-. The van der Waals surface area contributed by atoms with Gasteiger partial charge in [0.2, 0.25) is 0 Å². The highest BCUT2D eigenvalue weighted by molar-refractivity contribution is 6.05. The lowest BCUT2D eigenvalue weighted by Gasteiger charge is -2.15. The van der Waals surface area contributed by atoms with Gasteiger partial charge < -0.3 is 15.9 Å². The van der Waals surface area contributed by atoms with E-state index in [2.05, 4.69) is 15.5 Å². The minimum absolute atomic E-state index is 0.0203. The van der Waals surface area contributed by atoms with Crippen LogP contribution in [0.5, 0.6) is 0 Å². The number of nitrogens with one attached hydrogen (secondary N) is 1. The van der Waals surface area contributed by atoms with Crippen molar-refractivity contribution in [1.82, 2.24) is 10.3 Å². The number of ketones is 1. The van der Waals surface area contributed by atoms with Crippen LogP contribution >= 0.6 is 0 Å². The van der Waals surface area contributed by atoms with Crippen molar-refractivity contribution in [3.05, 3.63) is 70.8 Å². The van der Waals surface area contributed by atoms with Crippen LogP contribution in [0.25, 0.3) is 0 Å². The Hall–Kier alpha value is -3.22. The molecule has 1 aliphatic rings. The summed E-state index contributed by atoms with van der Waals surface area (Å²) in [6.07, 6.45) is 2.83. The number of nitrogens with zero attached hydrogens (tertiary/aromatic N) is 2. The Kier molecular flexibility index (Phi) is 5.73. The Morgan fingerprint density at radius 2 is 2.18 bits per heavy atom. The molecule has 1 aromatic carbocycles. The van der Waals surface area contributed by atoms with Crippen LogP contribution in [0.4, 0.5) is 10.2 Å². The van der Waals surface area contributed by atoms with Gasteiger partial charge in [0.25, 0.3) is 0 Å². The summed E-state index contributed by atoms with van der Waals surface area (Å²) in [5.74, 6) is -0.647. The molecule has 1 aliphatic heterocycles. The van der Waals surface area contributed by atoms with Gasteiger partial charge in [-0.1, -0.05) is 17.3 Å². The largest absolute Gasteiger partial charge is 0.392 e. The molecule has 2 unspecified atom stereocenters. The SMILES string of the molecule is CC1=NOC(C)C1c1ccc(C(=O)/C=C(/C)NCc2cccnc2N)c(F)c1. The summed E-state index contributed by atoms with van der Waals surface area (Å²) < 4.78 is 14.6. The maximum Gasteiger partial charge on any atom is 0.190 e. The Bertz CT molecular complexity index is 955. The maximum atomic E-state index is 14.6. The molecule has 3 rings (SSSR count). The summed E-state index contributed by atoms with van der Waals surface area (Å²) in [6, 6.07) is 8.28. The zero-order chi connectivity index (χ0) is 20.3. The number of hydrogen-bond acceptors (Lipinski definition) is 6. The smallest absolute Gasteiger partial charge is 0.190 e. The molecule has 0 fully saturated rings. The molecule has 2 heterocycles. The van der Waals surface area contributed by atoms with Gasteiger partial charge in [-0.25, -0.2) is 9.37 Å². The van der Waals surface area contributed by atoms with Crippen molar-refractivity contribution in [2.24, 2.45) is 5.16 Å². The van der Waals surface area contributed by atoms with Gasteiger partial charge in [0.05, 0.1) is 17.2 Å². The quantitative estimate of drug-likeness (QED) is 0.589. The third-order valence-corrected chi connectivity index (χ3v) is 4.73. The number of benzene rings is 1. The second-order valence-corrected chi connectivity index (χ2v) is 6.85. The van der Waals surface area contributed by atoms with E-state index in [-0.39, 0.29) is 17.6 Å². The van der Waals surface area contributed by atoms with E-state index in [9.17, 15) is 9.18 Å². The van der Waals surface area contributed by atoms with Crippen molar-refractivity contribution in [3.63, 3.8) is 0 Å². The molecule has 0 saturated carbocycles. The summed E-state index contributed by atoms with van der Waals surface area (Å²) in [4.78, 5) is 21.7. The van der Waals surface area contributed by atoms with Crippen molar-refractivity contribution in [2.75, 3.05) is 5.73 Å². The van der Waals surface area contributed by atoms with Gasteiger partial charge in [-0.3, -0.25) is 4.79 Å². The number of pyridine rings is 1. The average Bonchev–Trinajstić information content (AvgIpc) is 2.99. The molecule has 0 bridgehead atoms. The summed E-state index contributed by atoms with van der Waals surface area (Å²) in [7, 11) is 0. The number of carbonyl (C=O) groups excluding carboxylic acids is 1. The summed E-state index contributed by atoms with van der Waals surface area (Å²) in [5.41, 5.74) is 8.79. The zero-order valence-corrected chi connectivity index (χ0v) is 16.1. The normalized spacial score (nSPS) is 19.1. The van der Waals surface area contributed by atoms with Crippen LogP contribution in [0.15, 0.2) is 53.5 Å². The van der Waals surface area contributed by atoms with Gasteiger partial charge in [0.15, 0.2) is 5.78 Å². The van der Waals surface area contributed by atoms with Crippen molar-refractivity contribution < 1.29 is 14.0 Å². The van der Waals surface area contributed by atoms with Crippen LogP contribution in [0.2, 0.25) is 0 Å². The highest BCUT2D eigenvalue weighted by Crippen LogP contribution is 2.30. The van der Waals surface area contributed by atoms with Gasteiger partial charge in [0, 0.05) is 30.1 Å². The number of halogens is 1. The number of aromatic nitrogens is 1. The topological polar surface area (TPSA) is 89.6 Å². The Balaban J connectivity index is 1.70. The molecular formula is C21H23FN4O2. The zero-order valence-electron chi connectivity index (χ0n) is 16.1. The Morgan fingerprint density at radius 1 is 1.39 bits per heavy atom. The highest BCUT2D eigenvalue weighted by atomic mass is 19.1. The first-order valence-corrected chi connectivity index (χ1v) is 9.02. The molecule has 1 aromatic heterocycles. The third-order valence-electron chi connectivity index (χ3n) is 4.73. The number of anilines is 1. The number of hydrogen-bond donors (Lipinski definition) is 2. The maximum absolute atomic E-state index is 14.6. The lowest BCUT2D eigenvalue weighted by atomic mass is 9.90.